The zero-order chi connectivity index (χ0) is 19.3. The van der Waals surface area contributed by atoms with Crippen molar-refractivity contribution in [2.75, 3.05) is 11.9 Å². The molecular formula is C15H15F2IN4O4. The van der Waals surface area contributed by atoms with Crippen molar-refractivity contribution in [3.63, 3.8) is 0 Å². The standard InChI is InChI=1S/C15H15F2IN4O4/c1-9-13(18)7-19-21(9)3-2-15(23)20-10-4-11(22(24)25)6-12(5-10)26-8-14(16)17/h4-7,14H,2-3,8H2,1H3,(H,20,23). The molecule has 8 nitrogen and oxygen atoms in total. The minimum atomic E-state index is -2.72. The first-order valence-electron chi connectivity index (χ1n) is 7.44. The van der Waals surface area contributed by atoms with Crippen molar-refractivity contribution in [1.29, 1.82) is 0 Å². The first-order valence-corrected chi connectivity index (χ1v) is 8.52. The second-order valence-corrected chi connectivity index (χ2v) is 6.44. The molecule has 11 heteroatoms. The van der Waals surface area contributed by atoms with Crippen molar-refractivity contribution >= 4 is 39.9 Å². The third kappa shape index (κ3) is 5.61. The molecule has 0 aliphatic carbocycles. The van der Waals surface area contributed by atoms with Gasteiger partial charge in [-0.2, -0.15) is 5.10 Å². The Morgan fingerprint density at radius 2 is 2.19 bits per heavy atom. The lowest BCUT2D eigenvalue weighted by molar-refractivity contribution is -0.384. The summed E-state index contributed by atoms with van der Waals surface area (Å²) in [4.78, 5) is 22.3. The maximum absolute atomic E-state index is 12.2. The van der Waals surface area contributed by atoms with Gasteiger partial charge in [-0.15, -0.1) is 0 Å². The average molecular weight is 480 g/mol. The number of aryl methyl sites for hydroxylation is 1. The monoisotopic (exact) mass is 480 g/mol. The van der Waals surface area contributed by atoms with Gasteiger partial charge in [0, 0.05) is 24.2 Å². The van der Waals surface area contributed by atoms with Gasteiger partial charge in [-0.05, 0) is 29.5 Å². The number of hydrogen-bond acceptors (Lipinski definition) is 5. The lowest BCUT2D eigenvalue weighted by atomic mass is 10.2. The number of rotatable bonds is 8. The van der Waals surface area contributed by atoms with E-state index >= 15 is 0 Å². The second-order valence-electron chi connectivity index (χ2n) is 5.27. The van der Waals surface area contributed by atoms with Gasteiger partial charge in [0.1, 0.15) is 12.4 Å². The van der Waals surface area contributed by atoms with Crippen molar-refractivity contribution < 1.29 is 23.2 Å². The summed E-state index contributed by atoms with van der Waals surface area (Å²) in [5.74, 6) is -0.512. The molecule has 0 atom stereocenters. The van der Waals surface area contributed by atoms with Gasteiger partial charge in [-0.25, -0.2) is 8.78 Å². The highest BCUT2D eigenvalue weighted by molar-refractivity contribution is 14.1. The Balaban J connectivity index is 2.05. The number of benzene rings is 1. The summed E-state index contributed by atoms with van der Waals surface area (Å²) in [5.41, 5.74) is 0.654. The van der Waals surface area contributed by atoms with E-state index in [1.165, 1.54) is 6.07 Å². The van der Waals surface area contributed by atoms with Gasteiger partial charge in [0.25, 0.3) is 12.1 Å². The van der Waals surface area contributed by atoms with Crippen LogP contribution >= 0.6 is 22.6 Å². The Morgan fingerprint density at radius 3 is 2.77 bits per heavy atom. The summed E-state index contributed by atoms with van der Waals surface area (Å²) in [6.45, 7) is 1.32. The Labute approximate surface area is 160 Å². The van der Waals surface area contributed by atoms with Gasteiger partial charge in [-0.1, -0.05) is 0 Å². The zero-order valence-corrected chi connectivity index (χ0v) is 15.8. The van der Waals surface area contributed by atoms with E-state index in [-0.39, 0.29) is 23.5 Å². The fourth-order valence-electron chi connectivity index (χ4n) is 2.08. The van der Waals surface area contributed by atoms with E-state index in [9.17, 15) is 23.7 Å². The predicted molar refractivity (Wildman–Crippen MR) is 97.5 cm³/mol. The molecule has 1 aromatic heterocycles. The molecule has 0 fully saturated rings. The number of anilines is 1. The number of nitro benzene ring substituents is 1. The van der Waals surface area contributed by atoms with Crippen LogP contribution in [0, 0.1) is 20.6 Å². The van der Waals surface area contributed by atoms with Crippen LogP contribution in [0.15, 0.2) is 24.4 Å². The molecule has 2 aromatic rings. The van der Waals surface area contributed by atoms with Crippen molar-refractivity contribution in [1.82, 2.24) is 9.78 Å². The number of carbonyl (C=O) groups is 1. The molecule has 26 heavy (non-hydrogen) atoms. The summed E-state index contributed by atoms with van der Waals surface area (Å²) in [5, 5.41) is 17.6. The molecule has 0 bridgehead atoms. The van der Waals surface area contributed by atoms with Crippen LogP contribution in [0.3, 0.4) is 0 Å². The largest absolute Gasteiger partial charge is 0.487 e. The number of aromatic nitrogens is 2. The molecule has 1 N–H and O–H groups in total. The third-order valence-electron chi connectivity index (χ3n) is 3.36. The van der Waals surface area contributed by atoms with Crippen molar-refractivity contribution in [3.8, 4) is 5.75 Å². The number of amides is 1. The fourth-order valence-corrected chi connectivity index (χ4v) is 2.49. The number of hydrogen-bond donors (Lipinski definition) is 1. The summed E-state index contributed by atoms with van der Waals surface area (Å²) in [6.07, 6.45) is -0.942. The summed E-state index contributed by atoms with van der Waals surface area (Å²) in [6, 6.07) is 3.41. The Hall–Kier alpha value is -2.31. The summed E-state index contributed by atoms with van der Waals surface area (Å²) >= 11 is 2.13. The highest BCUT2D eigenvalue weighted by Gasteiger charge is 2.14. The number of ether oxygens (including phenoxy) is 1. The molecule has 140 valence electrons. The molecule has 1 heterocycles. The molecular weight excluding hydrogens is 465 g/mol. The molecule has 0 saturated heterocycles. The number of nitrogens with zero attached hydrogens (tertiary/aromatic N) is 3. The number of nitro groups is 1. The number of non-ortho nitro benzene ring substituents is 1. The van der Waals surface area contributed by atoms with Gasteiger partial charge in [0.15, 0.2) is 0 Å². The smallest absolute Gasteiger partial charge is 0.275 e. The quantitative estimate of drug-likeness (QED) is 0.355. The van der Waals surface area contributed by atoms with Gasteiger partial charge >= 0.3 is 0 Å². The maximum Gasteiger partial charge on any atom is 0.275 e. The van der Waals surface area contributed by atoms with Crippen LogP contribution < -0.4 is 10.1 Å². The average Bonchev–Trinajstić information content (AvgIpc) is 2.89. The van der Waals surface area contributed by atoms with E-state index in [2.05, 4.69) is 33.0 Å². The third-order valence-corrected chi connectivity index (χ3v) is 4.41. The van der Waals surface area contributed by atoms with Crippen molar-refractivity contribution in [2.24, 2.45) is 0 Å². The number of alkyl halides is 2. The Kier molecular flexibility index (Phi) is 6.83. The van der Waals surface area contributed by atoms with E-state index in [4.69, 9.17) is 4.74 Å². The Bertz CT molecular complexity index is 813. The maximum atomic E-state index is 12.2. The lowest BCUT2D eigenvalue weighted by Crippen LogP contribution is -2.16. The highest BCUT2D eigenvalue weighted by atomic mass is 127. The van der Waals surface area contributed by atoms with Crippen LogP contribution in [0.4, 0.5) is 20.2 Å². The van der Waals surface area contributed by atoms with Crippen LogP contribution in [0.1, 0.15) is 12.1 Å². The van der Waals surface area contributed by atoms with E-state index < -0.39 is 23.9 Å². The fraction of sp³-hybridized carbons (Fsp3) is 0.333. The first-order chi connectivity index (χ1) is 12.3. The topological polar surface area (TPSA) is 99.3 Å². The molecule has 0 aliphatic heterocycles. The summed E-state index contributed by atoms with van der Waals surface area (Å²) < 4.78 is 32.0. The van der Waals surface area contributed by atoms with Gasteiger partial charge < -0.3 is 10.1 Å². The molecule has 0 unspecified atom stereocenters. The van der Waals surface area contributed by atoms with Gasteiger partial charge in [0.2, 0.25) is 5.91 Å². The minimum Gasteiger partial charge on any atom is -0.487 e. The minimum absolute atomic E-state index is 0.0918. The van der Waals surface area contributed by atoms with Gasteiger partial charge in [0.05, 0.1) is 33.0 Å². The Morgan fingerprint density at radius 1 is 1.46 bits per heavy atom. The summed E-state index contributed by atoms with van der Waals surface area (Å²) in [7, 11) is 0. The molecule has 0 radical (unpaired) electrons. The SMILES string of the molecule is Cc1c(I)cnn1CCC(=O)Nc1cc(OCC(F)F)cc([N+](=O)[O-])c1. The van der Waals surface area contributed by atoms with Crippen molar-refractivity contribution in [2.45, 2.75) is 26.3 Å². The van der Waals surface area contributed by atoms with E-state index in [0.717, 1.165) is 21.4 Å². The van der Waals surface area contributed by atoms with Gasteiger partial charge in [-0.3, -0.25) is 19.6 Å². The van der Waals surface area contributed by atoms with Crippen LogP contribution in [0.5, 0.6) is 5.75 Å². The van der Waals surface area contributed by atoms with Crippen LogP contribution in [0.2, 0.25) is 0 Å². The number of halogens is 3. The molecule has 0 saturated carbocycles. The normalized spacial score (nSPS) is 10.8. The van der Waals surface area contributed by atoms with Crippen molar-refractivity contribution in [3.05, 3.63) is 43.8 Å². The molecule has 0 spiro atoms. The van der Waals surface area contributed by atoms with Crippen LogP contribution in [-0.4, -0.2) is 33.6 Å². The van der Waals surface area contributed by atoms with Crippen LogP contribution in [0.25, 0.3) is 0 Å². The highest BCUT2D eigenvalue weighted by Crippen LogP contribution is 2.26. The van der Waals surface area contributed by atoms with E-state index in [1.54, 1.807) is 10.9 Å². The molecule has 1 amide bonds. The number of nitrogens with one attached hydrogen (secondary N) is 1. The van der Waals surface area contributed by atoms with E-state index in [0.29, 0.717) is 6.54 Å². The first kappa shape index (κ1) is 20.0. The molecule has 1 aromatic carbocycles. The predicted octanol–water partition coefficient (Wildman–Crippen LogP) is 3.38. The lowest BCUT2D eigenvalue weighted by Gasteiger charge is -2.10. The molecule has 0 aliphatic rings. The zero-order valence-electron chi connectivity index (χ0n) is 13.6. The number of carbonyl (C=O) groups excluding carboxylic acids is 1. The molecule has 2 rings (SSSR count). The van der Waals surface area contributed by atoms with E-state index in [1.807, 2.05) is 6.92 Å². The van der Waals surface area contributed by atoms with Crippen LogP contribution in [-0.2, 0) is 11.3 Å². The second kappa shape index (κ2) is 8.87.